The molecule has 0 saturated carbocycles. The normalized spacial score (nSPS) is 2.40. The van der Waals surface area contributed by atoms with Crippen molar-refractivity contribution >= 4 is 0 Å². The summed E-state index contributed by atoms with van der Waals surface area (Å²) in [5.41, 5.74) is 13.5. The van der Waals surface area contributed by atoms with Crippen LogP contribution in [0, 0.1) is 0 Å². The minimum Gasteiger partial charge on any atom is -0.333 e. The van der Waals surface area contributed by atoms with Crippen LogP contribution in [0.2, 0.25) is 0 Å². The van der Waals surface area contributed by atoms with Crippen LogP contribution in [-0.2, 0) is 32.7 Å². The summed E-state index contributed by atoms with van der Waals surface area (Å²) < 4.78 is 0. The minimum atomic E-state index is 0. The molecule has 1 radical (unpaired) electrons. The van der Waals surface area contributed by atoms with Gasteiger partial charge in [0.2, 0.25) is 0 Å². The van der Waals surface area contributed by atoms with Gasteiger partial charge in [0.05, 0.1) is 0 Å². The van der Waals surface area contributed by atoms with Crippen LogP contribution in [-0.4, -0.2) is 21.1 Å². The Kier molecular flexibility index (Phi) is 19800. The van der Waals surface area contributed by atoms with Gasteiger partial charge in [0.15, 0.2) is 0 Å². The van der Waals surface area contributed by atoms with Crippen LogP contribution in [0.15, 0.2) is 0 Å². The molecule has 0 unspecified atom stereocenters. The zero-order chi connectivity index (χ0) is 12.0. The molecule has 15 heavy (non-hydrogen) atoms. The van der Waals surface area contributed by atoms with E-state index in [1.165, 1.54) is 21.1 Å². The number of rotatable bonds is 0. The van der Waals surface area contributed by atoms with E-state index in [4.69, 9.17) is 0 Å². The fraction of sp³-hybridized carbons (Fsp3) is 1.00. The molecule has 0 aromatic carbocycles. The molecule has 0 atom stereocenters. The Balaban J connectivity index is -0.00000000396. The minimum absolute atomic E-state index is 0. The van der Waals surface area contributed by atoms with Crippen molar-refractivity contribution in [3.63, 3.8) is 0 Å². The van der Waals surface area contributed by atoms with Crippen LogP contribution in [0.5, 0.6) is 0 Å². The van der Waals surface area contributed by atoms with E-state index in [0.29, 0.717) is 0 Å². The van der Waals surface area contributed by atoms with Crippen molar-refractivity contribution in [2.24, 2.45) is 17.2 Å². The SMILES string of the molecule is CC.CC.CC.CN.CN.CN.F.F.[Y]. The van der Waals surface area contributed by atoms with Crippen LogP contribution in [0.4, 0.5) is 9.41 Å². The molecule has 0 heterocycles. The van der Waals surface area contributed by atoms with Gasteiger partial charge in [-0.15, -0.1) is 0 Å². The van der Waals surface area contributed by atoms with Gasteiger partial charge in [0.1, 0.15) is 0 Å². The monoisotopic (exact) mass is 312 g/mol. The second-order valence-corrected chi connectivity index (χ2v) is 0. The number of hydrogen-bond acceptors (Lipinski definition) is 3. The van der Waals surface area contributed by atoms with E-state index in [0.717, 1.165) is 0 Å². The first-order valence-corrected chi connectivity index (χ1v) is 4.73. The van der Waals surface area contributed by atoms with Crippen molar-refractivity contribution in [1.82, 2.24) is 0 Å². The molecule has 3 nitrogen and oxygen atoms in total. The van der Waals surface area contributed by atoms with Crippen molar-refractivity contribution in [2.45, 2.75) is 41.5 Å². The predicted molar refractivity (Wildman–Crippen MR) is 69.4 cm³/mol. The van der Waals surface area contributed by atoms with Gasteiger partial charge in [-0.3, -0.25) is 9.41 Å². The Hall–Kier alpha value is 0.844. The molecule has 0 aromatic rings. The first-order valence-electron chi connectivity index (χ1n) is 4.73. The molecule has 0 fully saturated rings. The fourth-order valence-electron chi connectivity index (χ4n) is 0. The van der Waals surface area contributed by atoms with Crippen LogP contribution in [0.3, 0.4) is 0 Å². The van der Waals surface area contributed by atoms with E-state index in [9.17, 15) is 0 Å². The Morgan fingerprint density at radius 2 is 0.400 bits per heavy atom. The molecule has 0 spiro atoms. The van der Waals surface area contributed by atoms with E-state index in [-0.39, 0.29) is 42.1 Å². The molecular weight excluding hydrogens is 277 g/mol. The maximum Gasteiger partial charge on any atom is 0 e. The Morgan fingerprint density at radius 3 is 0.400 bits per heavy atom. The number of halogens is 2. The molecule has 0 aliphatic heterocycles. The van der Waals surface area contributed by atoms with Gasteiger partial charge < -0.3 is 17.2 Å². The van der Waals surface area contributed by atoms with E-state index < -0.39 is 0 Å². The van der Waals surface area contributed by atoms with Crippen molar-refractivity contribution in [1.29, 1.82) is 0 Å². The third-order valence-electron chi connectivity index (χ3n) is 0. The van der Waals surface area contributed by atoms with Crippen molar-refractivity contribution < 1.29 is 42.1 Å². The maximum absolute atomic E-state index is 4.50. The van der Waals surface area contributed by atoms with E-state index in [1.54, 1.807) is 0 Å². The summed E-state index contributed by atoms with van der Waals surface area (Å²) in [6, 6.07) is 0. The van der Waals surface area contributed by atoms with Crippen LogP contribution >= 0.6 is 0 Å². The van der Waals surface area contributed by atoms with Gasteiger partial charge >= 0.3 is 0 Å². The van der Waals surface area contributed by atoms with Crippen LogP contribution in [0.1, 0.15) is 41.5 Å². The Morgan fingerprint density at radius 1 is 0.400 bits per heavy atom. The van der Waals surface area contributed by atoms with Gasteiger partial charge in [0, 0.05) is 32.7 Å². The third kappa shape index (κ3) is 3440. The summed E-state index contributed by atoms with van der Waals surface area (Å²) >= 11 is 0. The maximum atomic E-state index is 4.50. The summed E-state index contributed by atoms with van der Waals surface area (Å²) in [7, 11) is 4.50. The second kappa shape index (κ2) is 3990. The number of hydrogen-bond donors (Lipinski definition) is 3. The van der Waals surface area contributed by atoms with Crippen molar-refractivity contribution in [3.05, 3.63) is 0 Å². The molecule has 0 aliphatic rings. The fourth-order valence-corrected chi connectivity index (χ4v) is 0. The molecule has 0 rings (SSSR count). The molecule has 6 N–H and O–H groups in total. The van der Waals surface area contributed by atoms with Gasteiger partial charge in [-0.2, -0.15) is 0 Å². The predicted octanol–water partition coefficient (Wildman–Crippen LogP) is 2.11. The van der Waals surface area contributed by atoms with E-state index in [1.807, 2.05) is 41.5 Å². The molecule has 6 heteroatoms. The smallest absolute Gasteiger partial charge is 0 e. The molecule has 0 aliphatic carbocycles. The van der Waals surface area contributed by atoms with Crippen molar-refractivity contribution in [2.75, 3.05) is 21.1 Å². The standard InChI is InChI=1S/3C2H6.3CH5N.2FH.Y/c6*1-2;;;/h3*1-2H3;3*2H2,1H3;2*1H;. The summed E-state index contributed by atoms with van der Waals surface area (Å²) in [5, 5.41) is 0. The van der Waals surface area contributed by atoms with E-state index in [2.05, 4.69) is 17.2 Å². The Labute approximate surface area is 122 Å². The summed E-state index contributed by atoms with van der Waals surface area (Å²) in [6.45, 7) is 12.0. The van der Waals surface area contributed by atoms with Gasteiger partial charge in [-0.05, 0) is 21.1 Å². The van der Waals surface area contributed by atoms with Gasteiger partial charge in [-0.1, -0.05) is 41.5 Å². The molecular formula is C9H35F2N3Y. The topological polar surface area (TPSA) is 78.1 Å². The quantitative estimate of drug-likeness (QED) is 0.641. The van der Waals surface area contributed by atoms with E-state index >= 15 is 0 Å². The zero-order valence-corrected chi connectivity index (χ0v) is 15.0. The van der Waals surface area contributed by atoms with Crippen molar-refractivity contribution in [3.8, 4) is 0 Å². The molecule has 0 amide bonds. The molecule has 0 saturated heterocycles. The Bertz CT molecular complexity index is 23.3. The third-order valence-corrected chi connectivity index (χ3v) is 0. The molecule has 0 bridgehead atoms. The average molecular weight is 312 g/mol. The number of nitrogens with two attached hydrogens (primary N) is 3. The second-order valence-electron chi connectivity index (χ2n) is 0. The van der Waals surface area contributed by atoms with Gasteiger partial charge in [0.25, 0.3) is 0 Å². The molecule has 0 aromatic heterocycles. The zero-order valence-electron chi connectivity index (χ0n) is 12.1. The van der Waals surface area contributed by atoms with Crippen LogP contribution in [0.25, 0.3) is 0 Å². The van der Waals surface area contributed by atoms with Crippen LogP contribution < -0.4 is 17.2 Å². The van der Waals surface area contributed by atoms with Gasteiger partial charge in [-0.25, -0.2) is 0 Å². The summed E-state index contributed by atoms with van der Waals surface area (Å²) in [6.07, 6.45) is 0. The summed E-state index contributed by atoms with van der Waals surface area (Å²) in [4.78, 5) is 0. The largest absolute Gasteiger partial charge is 0.333 e. The first kappa shape index (κ1) is 74.5. The molecule has 103 valence electrons. The first-order chi connectivity index (χ1) is 6.00. The average Bonchev–Trinajstić information content (AvgIpc) is 2.33. The summed E-state index contributed by atoms with van der Waals surface area (Å²) in [5.74, 6) is 0.